The van der Waals surface area contributed by atoms with E-state index in [1.54, 1.807) is 0 Å². The summed E-state index contributed by atoms with van der Waals surface area (Å²) in [4.78, 5) is 11.6. The third kappa shape index (κ3) is 1.76. The van der Waals surface area contributed by atoms with Gasteiger partial charge >= 0.3 is 5.97 Å². The highest BCUT2D eigenvalue weighted by Crippen LogP contribution is 2.47. The predicted molar refractivity (Wildman–Crippen MR) is 60.3 cm³/mol. The molecule has 0 saturated carbocycles. The molecule has 102 valence electrons. The maximum atomic E-state index is 11.6. The predicted octanol–water partition coefficient (Wildman–Crippen LogP) is 0.357. The van der Waals surface area contributed by atoms with E-state index in [0.717, 1.165) is 12.8 Å². The molecule has 0 N–H and O–H groups in total. The maximum absolute atomic E-state index is 11.6. The summed E-state index contributed by atoms with van der Waals surface area (Å²) in [6, 6.07) is 0. The summed E-state index contributed by atoms with van der Waals surface area (Å²) in [6.07, 6.45) is 0.433. The number of ether oxygens (including phenoxy) is 2. The Labute approximate surface area is 106 Å². The van der Waals surface area contributed by atoms with E-state index in [2.05, 4.69) is 0 Å². The number of rotatable bonds is 4. The summed E-state index contributed by atoms with van der Waals surface area (Å²) < 4.78 is 39.1. The lowest BCUT2D eigenvalue weighted by molar-refractivity contribution is -0.154. The molecule has 18 heavy (non-hydrogen) atoms. The van der Waals surface area contributed by atoms with Gasteiger partial charge in [-0.3, -0.25) is 8.98 Å². The summed E-state index contributed by atoms with van der Waals surface area (Å²) in [6.45, 7) is 1.99. The van der Waals surface area contributed by atoms with Gasteiger partial charge in [-0.05, 0) is 12.8 Å². The van der Waals surface area contributed by atoms with Crippen LogP contribution in [0.5, 0.6) is 0 Å². The van der Waals surface area contributed by atoms with Crippen molar-refractivity contribution >= 4 is 16.1 Å². The molecule has 0 aromatic rings. The normalized spacial score (nSPS) is 43.3. The number of esters is 1. The molecule has 3 aliphatic rings. The fraction of sp³-hybridized carbons (Fsp3) is 0.909. The molecule has 3 fully saturated rings. The van der Waals surface area contributed by atoms with Crippen LogP contribution in [-0.2, 0) is 28.6 Å². The van der Waals surface area contributed by atoms with Crippen molar-refractivity contribution in [3.63, 3.8) is 0 Å². The van der Waals surface area contributed by atoms with E-state index in [4.69, 9.17) is 13.7 Å². The fourth-order valence-electron chi connectivity index (χ4n) is 2.90. The number of carbonyl (C=O) groups excluding carboxylic acids is 1. The van der Waals surface area contributed by atoms with Crippen molar-refractivity contribution in [2.24, 2.45) is 0 Å². The molecule has 7 heteroatoms. The van der Waals surface area contributed by atoms with E-state index >= 15 is 0 Å². The lowest BCUT2D eigenvalue weighted by Crippen LogP contribution is -2.41. The summed E-state index contributed by atoms with van der Waals surface area (Å²) in [5.41, 5.74) is 0. The summed E-state index contributed by atoms with van der Waals surface area (Å²) in [5.74, 6) is -0.303. The average molecular weight is 276 g/mol. The first kappa shape index (κ1) is 12.4. The highest BCUT2D eigenvalue weighted by atomic mass is 32.2. The van der Waals surface area contributed by atoms with Crippen molar-refractivity contribution in [1.29, 1.82) is 0 Å². The van der Waals surface area contributed by atoms with Crippen LogP contribution < -0.4 is 0 Å². The van der Waals surface area contributed by atoms with Crippen molar-refractivity contribution in [1.82, 2.24) is 0 Å². The van der Waals surface area contributed by atoms with E-state index in [0.29, 0.717) is 12.8 Å². The van der Waals surface area contributed by atoms with Gasteiger partial charge < -0.3 is 9.47 Å². The zero-order valence-electron chi connectivity index (χ0n) is 10.1. The number of fused-ring (bicyclic) bond motifs is 1. The average Bonchev–Trinajstić information content (AvgIpc) is 2.90. The minimum absolute atomic E-state index is 0.303. The van der Waals surface area contributed by atoms with Crippen LogP contribution in [0.25, 0.3) is 0 Å². The molecule has 0 aliphatic carbocycles. The second kappa shape index (κ2) is 4.18. The molecule has 0 amide bonds. The van der Waals surface area contributed by atoms with Gasteiger partial charge in [-0.1, -0.05) is 13.3 Å². The summed E-state index contributed by atoms with van der Waals surface area (Å²) >= 11 is 0. The van der Waals surface area contributed by atoms with E-state index in [9.17, 15) is 13.2 Å². The molecule has 0 aromatic carbocycles. The number of hydrogen-bond donors (Lipinski definition) is 0. The van der Waals surface area contributed by atoms with E-state index in [1.165, 1.54) is 0 Å². The van der Waals surface area contributed by atoms with Crippen molar-refractivity contribution in [3.05, 3.63) is 0 Å². The molecule has 5 atom stereocenters. The second-order valence-electron chi connectivity index (χ2n) is 5.02. The van der Waals surface area contributed by atoms with Gasteiger partial charge in [0.15, 0.2) is 6.10 Å². The van der Waals surface area contributed by atoms with Crippen LogP contribution in [0.4, 0.5) is 0 Å². The number of unbranched alkanes of at least 4 members (excludes halogenated alkanes) is 1. The Kier molecular flexibility index (Phi) is 2.87. The first-order valence-electron chi connectivity index (χ1n) is 6.30. The van der Waals surface area contributed by atoms with Gasteiger partial charge in [0.25, 0.3) is 10.1 Å². The topological polar surface area (TPSA) is 78.9 Å². The molecule has 0 aromatic heterocycles. The molecule has 6 nitrogen and oxygen atoms in total. The molecule has 3 rings (SSSR count). The smallest absolute Gasteiger partial charge is 0.306 e. The maximum Gasteiger partial charge on any atom is 0.306 e. The first-order chi connectivity index (χ1) is 8.53. The lowest BCUT2D eigenvalue weighted by Gasteiger charge is -2.21. The van der Waals surface area contributed by atoms with Crippen LogP contribution in [0.3, 0.4) is 0 Å². The first-order valence-corrected chi connectivity index (χ1v) is 7.77. The Hall–Kier alpha value is -0.660. The highest BCUT2D eigenvalue weighted by molar-refractivity contribution is 7.87. The van der Waals surface area contributed by atoms with Crippen molar-refractivity contribution in [2.45, 2.75) is 62.3 Å². The van der Waals surface area contributed by atoms with Gasteiger partial charge in [0.2, 0.25) is 0 Å². The largest absolute Gasteiger partial charge is 0.457 e. The number of carbonyl (C=O) groups is 1. The number of hydrogen-bond acceptors (Lipinski definition) is 6. The lowest BCUT2D eigenvalue weighted by atomic mass is 9.94. The molecule has 0 spiro atoms. The van der Waals surface area contributed by atoms with Crippen LogP contribution in [0.1, 0.15) is 32.6 Å². The van der Waals surface area contributed by atoms with Gasteiger partial charge in [0.05, 0.1) is 6.10 Å². The van der Waals surface area contributed by atoms with Crippen LogP contribution >= 0.6 is 0 Å². The summed E-state index contributed by atoms with van der Waals surface area (Å²) in [7, 11) is -3.53. The molecule has 2 bridgehead atoms. The van der Waals surface area contributed by atoms with Gasteiger partial charge in [-0.15, -0.1) is 0 Å². The molecule has 3 saturated heterocycles. The van der Waals surface area contributed by atoms with Crippen LogP contribution in [0.15, 0.2) is 0 Å². The second-order valence-corrected chi connectivity index (χ2v) is 6.81. The minimum Gasteiger partial charge on any atom is -0.457 e. The third-order valence-electron chi connectivity index (χ3n) is 3.80. The Balaban J connectivity index is 1.68. The monoisotopic (exact) mass is 276 g/mol. The molecular formula is C11H16O6S. The Bertz CT molecular complexity index is 458. The molecular weight excluding hydrogens is 260 g/mol. The van der Waals surface area contributed by atoms with Gasteiger partial charge in [-0.25, -0.2) is 0 Å². The van der Waals surface area contributed by atoms with E-state index in [-0.39, 0.29) is 12.1 Å². The zero-order valence-corrected chi connectivity index (χ0v) is 10.9. The van der Waals surface area contributed by atoms with Crippen molar-refractivity contribution in [3.8, 4) is 0 Å². The Morgan fingerprint density at radius 1 is 1.39 bits per heavy atom. The van der Waals surface area contributed by atoms with Gasteiger partial charge in [-0.2, -0.15) is 8.42 Å². The SMILES string of the molecule is CCCCC(=O)OC1C2CC3C(O2)C1OS3(=O)=O. The summed E-state index contributed by atoms with van der Waals surface area (Å²) in [5, 5.41) is -0.571. The highest BCUT2D eigenvalue weighted by Gasteiger charge is 2.67. The molecule has 0 radical (unpaired) electrons. The molecule has 3 aliphatic heterocycles. The fourth-order valence-corrected chi connectivity index (χ4v) is 4.54. The minimum atomic E-state index is -3.53. The van der Waals surface area contributed by atoms with Gasteiger partial charge in [0, 0.05) is 6.42 Å². The standard InChI is InChI=1S/C11H16O6S/c1-2-3-4-8(12)16-9-6-5-7-10(15-6)11(9)17-18(7,13)14/h6-7,9-11H,2-5H2,1H3. The van der Waals surface area contributed by atoms with Crippen molar-refractivity contribution < 1.29 is 26.9 Å². The van der Waals surface area contributed by atoms with Crippen LogP contribution in [0.2, 0.25) is 0 Å². The van der Waals surface area contributed by atoms with Crippen LogP contribution in [-0.4, -0.2) is 44.1 Å². The Morgan fingerprint density at radius 3 is 2.89 bits per heavy atom. The van der Waals surface area contributed by atoms with E-state index < -0.39 is 33.7 Å². The van der Waals surface area contributed by atoms with Crippen molar-refractivity contribution in [2.75, 3.05) is 0 Å². The zero-order chi connectivity index (χ0) is 12.9. The van der Waals surface area contributed by atoms with Gasteiger partial charge in [0.1, 0.15) is 17.5 Å². The quantitative estimate of drug-likeness (QED) is 0.545. The van der Waals surface area contributed by atoms with E-state index in [1.807, 2.05) is 6.92 Å². The molecule has 3 heterocycles. The molecule has 5 unspecified atom stereocenters. The van der Waals surface area contributed by atoms with Crippen LogP contribution in [0, 0.1) is 0 Å². The third-order valence-corrected chi connectivity index (χ3v) is 5.49. The Morgan fingerprint density at radius 2 is 2.17 bits per heavy atom.